The molecule has 0 fully saturated rings. The van der Waals surface area contributed by atoms with Gasteiger partial charge in [-0.15, -0.1) is 0 Å². The van der Waals surface area contributed by atoms with Crippen molar-refractivity contribution in [1.29, 1.82) is 0 Å². The van der Waals surface area contributed by atoms with Crippen LogP contribution in [0.1, 0.15) is 0 Å². The Morgan fingerprint density at radius 1 is 0.385 bits per heavy atom. The fourth-order valence-electron chi connectivity index (χ4n) is 6.52. The predicted octanol–water partition coefficient (Wildman–Crippen LogP) is 8.67. The van der Waals surface area contributed by atoms with E-state index in [0.29, 0.717) is 0 Å². The van der Waals surface area contributed by atoms with Crippen LogP contribution in [0.3, 0.4) is 0 Å². The topological polar surface area (TPSA) is 0 Å². The number of hydrogen-bond acceptors (Lipinski definition) is 0. The molecule has 0 saturated heterocycles. The Balaban J connectivity index is 0.000000803. The first-order chi connectivity index (χ1) is 25.3. The summed E-state index contributed by atoms with van der Waals surface area (Å²) in [6.07, 6.45) is 8.07. The third-order valence-corrected chi connectivity index (χ3v) is 21.5. The second kappa shape index (κ2) is 22.9. The Morgan fingerprint density at radius 2 is 0.692 bits per heavy atom. The molecule has 0 spiro atoms. The summed E-state index contributed by atoms with van der Waals surface area (Å²) in [4.78, 5) is 0. The van der Waals surface area contributed by atoms with Gasteiger partial charge in [-0.25, -0.2) is 0 Å². The third-order valence-electron chi connectivity index (χ3n) is 9.12. The normalized spacial score (nSPS) is 10.9. The van der Waals surface area contributed by atoms with Gasteiger partial charge in [-0.1, -0.05) is 133 Å². The van der Waals surface area contributed by atoms with E-state index in [0.717, 1.165) is 0 Å². The van der Waals surface area contributed by atoms with E-state index in [1.807, 2.05) is 0 Å². The van der Waals surface area contributed by atoms with Crippen molar-refractivity contribution in [3.8, 4) is 0 Å². The van der Waals surface area contributed by atoms with Gasteiger partial charge in [-0.3, -0.25) is 0 Å². The monoisotopic (exact) mass is 790 g/mol. The van der Waals surface area contributed by atoms with Crippen molar-refractivity contribution in [1.82, 2.24) is 0 Å². The van der Waals surface area contributed by atoms with Gasteiger partial charge in [0.2, 0.25) is 0 Å². The van der Waals surface area contributed by atoms with Crippen LogP contribution >= 0.6 is 31.7 Å². The van der Waals surface area contributed by atoms with Crippen molar-refractivity contribution in [2.45, 2.75) is 0 Å². The molecule has 0 bridgehead atoms. The van der Waals surface area contributed by atoms with Crippen molar-refractivity contribution in [3.05, 3.63) is 212 Å². The molecule has 7 aromatic carbocycles. The zero-order chi connectivity index (χ0) is 34.8. The van der Waals surface area contributed by atoms with Gasteiger partial charge in [0, 0.05) is 14.1 Å². The Kier molecular flexibility index (Phi) is 17.6. The molecule has 0 aliphatic heterocycles. The van der Waals surface area contributed by atoms with E-state index in [2.05, 4.69) is 206 Å². The minimum absolute atomic E-state index is 0. The first-order valence-electron chi connectivity index (χ1n) is 17.8. The van der Waals surface area contributed by atoms with E-state index < -0.39 is 23.8 Å². The first-order valence-corrected chi connectivity index (χ1v) is 24.9. The van der Waals surface area contributed by atoms with Crippen molar-refractivity contribution < 1.29 is 17.1 Å². The predicted molar refractivity (Wildman–Crippen MR) is 235 cm³/mol. The summed E-state index contributed by atoms with van der Waals surface area (Å²) < 4.78 is 0. The van der Waals surface area contributed by atoms with E-state index in [-0.39, 0.29) is 25.0 Å². The second-order valence-electron chi connectivity index (χ2n) is 12.4. The number of benzene rings is 6. The quantitative estimate of drug-likeness (QED) is 0.0555. The van der Waals surface area contributed by atoms with Gasteiger partial charge < -0.3 is 30.3 Å². The molecule has 0 atom stereocenters. The molecule has 0 saturated carbocycles. The molecule has 0 nitrogen and oxygen atoms in total. The summed E-state index contributed by atoms with van der Waals surface area (Å²) in [5.74, 6) is 0. The maximum Gasteiger partial charge on any atom is 2.00 e. The van der Waals surface area contributed by atoms with Crippen LogP contribution in [-0.4, -0.2) is 37.0 Å². The van der Waals surface area contributed by atoms with Crippen molar-refractivity contribution in [2.75, 3.05) is 37.0 Å². The van der Waals surface area contributed by atoms with E-state index in [1.165, 1.54) is 47.6 Å². The van der Waals surface area contributed by atoms with Crippen molar-refractivity contribution in [2.24, 2.45) is 0 Å². The summed E-state index contributed by atoms with van der Waals surface area (Å²) in [5, 5.41) is 9.23. The zero-order valence-corrected chi connectivity index (χ0v) is 34.4. The van der Waals surface area contributed by atoms with Gasteiger partial charge >= 0.3 is 17.1 Å². The van der Waals surface area contributed by atoms with Gasteiger partial charge in [0.1, 0.15) is 0 Å². The van der Waals surface area contributed by atoms with Crippen molar-refractivity contribution in [3.63, 3.8) is 0 Å². The van der Waals surface area contributed by atoms with Crippen LogP contribution < -0.4 is 31.8 Å². The minimum atomic E-state index is -0.838. The van der Waals surface area contributed by atoms with Crippen LogP contribution in [0.2, 0.25) is 0 Å². The smallest absolute Gasteiger partial charge is 0.999 e. The maximum absolute atomic E-state index is 2.62. The van der Waals surface area contributed by atoms with Crippen LogP contribution in [0.15, 0.2) is 188 Å². The van der Waals surface area contributed by atoms with Gasteiger partial charge in [0.05, 0.1) is 67.9 Å². The Morgan fingerprint density at radius 3 is 0.981 bits per heavy atom. The average molecular weight is 791 g/mol. The summed E-state index contributed by atoms with van der Waals surface area (Å²) >= 11 is 0. The molecule has 7 aromatic rings. The fourth-order valence-corrected chi connectivity index (χ4v) is 20.3. The molecule has 7 rings (SSSR count). The molecule has 52 heavy (non-hydrogen) atoms. The number of hydrogen-bond donors (Lipinski definition) is 0. The van der Waals surface area contributed by atoms with Crippen LogP contribution in [0.4, 0.5) is 0 Å². The molecule has 0 aromatic heterocycles. The molecule has 0 radical (unpaired) electrons. The largest absolute Gasteiger partial charge is 2.00 e. The zero-order valence-electron chi connectivity index (χ0n) is 29.4. The van der Waals surface area contributed by atoms with E-state index in [4.69, 9.17) is 0 Å². The maximum atomic E-state index is 2.62. The third kappa shape index (κ3) is 12.5. The molecule has 5 heteroatoms. The molecule has 0 aliphatic rings. The second-order valence-corrected chi connectivity index (χ2v) is 23.0. The molecule has 0 heterocycles. The molecule has 0 amide bonds. The molecule has 0 N–H and O–H groups in total. The van der Waals surface area contributed by atoms with Crippen LogP contribution in [-0.2, 0) is 17.1 Å². The van der Waals surface area contributed by atoms with E-state index in [9.17, 15) is 0 Å². The van der Waals surface area contributed by atoms with Crippen molar-refractivity contribution >= 4 is 63.5 Å². The van der Waals surface area contributed by atoms with E-state index >= 15 is 0 Å². The minimum Gasteiger partial charge on any atom is -0.999 e. The van der Waals surface area contributed by atoms with Crippen LogP contribution in [0.25, 0.3) is 0 Å². The molecular weight excluding hydrogens is 744 g/mol. The SMILES string of the molecule is [Fe+2].[c-]1[c-][c-][cH-][c-]1.c1ccc(P(CC[PH+](CC[PH+](c2ccccc2)c2ccccc2)CC[PH+](c2ccccc2)c2ccccc2)c2ccccc2)cc1. The first kappa shape index (κ1) is 40.1. The van der Waals surface area contributed by atoms with Gasteiger partial charge in [0.25, 0.3) is 0 Å². The van der Waals surface area contributed by atoms with Crippen LogP contribution in [0, 0.1) is 24.3 Å². The fraction of sp³-hybridized carbons (Fsp3) is 0.128. The average Bonchev–Trinajstić information content (AvgIpc) is 3.81. The summed E-state index contributed by atoms with van der Waals surface area (Å²) in [7, 11) is -2.65. The molecular formula is C47H46FeP4. The van der Waals surface area contributed by atoms with Gasteiger partial charge in [-0.05, 0) is 67.1 Å². The summed E-state index contributed by atoms with van der Waals surface area (Å²) in [6.45, 7) is 0. The summed E-state index contributed by atoms with van der Waals surface area (Å²) in [5.41, 5.74) is 0. The number of rotatable bonds is 15. The Labute approximate surface area is 328 Å². The Hall–Kier alpha value is -3.09. The molecule has 0 aliphatic carbocycles. The standard InChI is InChI=1S/C42H42P4.C5H.Fe/c1-7-19-37(20-8-1)44(38-21-9-2-10-22-38)34-31-43(32-35-45(39-23-11-3-12-24-39)40-25-13-4-14-26-40)33-36-46(41-27-15-5-16-28-41)42-29-17-6-18-30-42;1-2-4-5-3-1;/h1-30H,31-36H2;1H;/q;-5;+2/p+3. The van der Waals surface area contributed by atoms with Crippen LogP contribution in [0.5, 0.6) is 0 Å². The van der Waals surface area contributed by atoms with Gasteiger partial charge in [0.15, 0.2) is 0 Å². The van der Waals surface area contributed by atoms with Gasteiger partial charge in [-0.2, -0.15) is 0 Å². The molecule has 0 unspecified atom stereocenters. The van der Waals surface area contributed by atoms with E-state index in [1.54, 1.807) is 27.3 Å². The summed E-state index contributed by atoms with van der Waals surface area (Å²) in [6, 6.07) is 80.2. The molecule has 262 valence electrons. The Bertz CT molecular complexity index is 1550.